The standard InChI is InChI=1S/CH3ClO.CH3.Al.2H/c1-3-2;;;;/h1H3;1H3;;;. The molecular weight excluding hydrogens is 102 g/mol. The molecule has 0 rings (SSSR count). The van der Waals surface area contributed by atoms with E-state index in [9.17, 15) is 0 Å². The lowest BCUT2D eigenvalue weighted by atomic mass is 11.8. The van der Waals surface area contributed by atoms with Crippen molar-refractivity contribution in [3.8, 4) is 0 Å². The molecule has 0 saturated carbocycles. The third-order valence-electron chi connectivity index (χ3n) is 0. The molecular formula is C2H8AlClO. The Hall–Kier alpha value is 0.782. The monoisotopic (exact) mass is 110 g/mol. The van der Waals surface area contributed by atoms with E-state index in [0.717, 1.165) is 0 Å². The van der Waals surface area contributed by atoms with Crippen molar-refractivity contribution in [3.05, 3.63) is 0 Å². The Morgan fingerprint density at radius 3 is 1.60 bits per heavy atom. The number of hydrogen-bond acceptors (Lipinski definition) is 1. The summed E-state index contributed by atoms with van der Waals surface area (Å²) in [5, 5.41) is 0. The fourth-order valence-corrected chi connectivity index (χ4v) is 0. The number of hydrogen-bond donors (Lipinski definition) is 0. The zero-order valence-electron chi connectivity index (χ0n) is 3.79. The molecule has 0 radical (unpaired) electrons. The lowest BCUT2D eigenvalue weighted by molar-refractivity contribution is 0.463. The molecule has 0 aliphatic rings. The molecule has 0 aromatic rings. The normalized spacial score (nSPS) is 4.60. The van der Waals surface area contributed by atoms with Crippen LogP contribution in [0.3, 0.4) is 0 Å². The van der Waals surface area contributed by atoms with E-state index < -0.39 is 0 Å². The minimum atomic E-state index is 1.31. The summed E-state index contributed by atoms with van der Waals surface area (Å²) in [4.78, 5) is 0. The van der Waals surface area contributed by atoms with Gasteiger partial charge in [-0.1, -0.05) is 0 Å². The maximum atomic E-state index is 4.50. The van der Waals surface area contributed by atoms with Crippen molar-refractivity contribution < 1.29 is 4.29 Å². The lowest BCUT2D eigenvalue weighted by Crippen LogP contribution is -1.39. The molecule has 0 N–H and O–H groups in total. The van der Waals surface area contributed by atoms with Crippen LogP contribution in [0.2, 0.25) is 5.79 Å². The van der Waals surface area contributed by atoms with E-state index in [1.54, 1.807) is 0 Å². The molecule has 0 heterocycles. The van der Waals surface area contributed by atoms with Gasteiger partial charge >= 0.3 is 0 Å². The van der Waals surface area contributed by atoms with Crippen LogP contribution >= 0.6 is 11.9 Å². The third kappa shape index (κ3) is 60.5. The van der Waals surface area contributed by atoms with Crippen molar-refractivity contribution in [2.75, 3.05) is 7.11 Å². The first-order valence-corrected chi connectivity index (χ1v) is 3.87. The molecule has 5 heavy (non-hydrogen) atoms. The highest BCUT2D eigenvalue weighted by molar-refractivity contribution is 6.07. The quantitative estimate of drug-likeness (QED) is 0.412. The molecule has 0 saturated heterocycles. The van der Waals surface area contributed by atoms with E-state index in [0.29, 0.717) is 0 Å². The topological polar surface area (TPSA) is 9.23 Å². The highest BCUT2D eigenvalue weighted by Gasteiger charge is 1.31. The molecule has 0 atom stereocenters. The van der Waals surface area contributed by atoms with Gasteiger partial charge in [-0.2, -0.15) is 0 Å². The minimum absolute atomic E-state index is 1.31. The first-order valence-electron chi connectivity index (χ1n) is 1.56. The van der Waals surface area contributed by atoms with Gasteiger partial charge in [-0.05, 0) is 0 Å². The van der Waals surface area contributed by atoms with Gasteiger partial charge in [0.05, 0.1) is 19.0 Å². The Kier molecular flexibility index (Phi) is 39.8. The van der Waals surface area contributed by atoms with Crippen LogP contribution in [0, 0.1) is 0 Å². The summed E-state index contributed by atoms with van der Waals surface area (Å²) >= 11 is 5.80. The van der Waals surface area contributed by atoms with Crippen LogP contribution in [-0.2, 0) is 4.29 Å². The Labute approximate surface area is 45.9 Å². The molecule has 0 aliphatic heterocycles. The molecule has 0 unspecified atom stereocenters. The zero-order valence-corrected chi connectivity index (χ0v) is 6.54. The van der Waals surface area contributed by atoms with Crippen molar-refractivity contribution in [3.63, 3.8) is 0 Å². The van der Waals surface area contributed by atoms with Gasteiger partial charge in [-0.25, -0.2) is 0 Å². The molecule has 0 bridgehead atoms. The minimum Gasteiger partial charge on any atom is -0.283 e. The highest BCUT2D eigenvalue weighted by atomic mass is 35.5. The first kappa shape index (κ1) is 9.24. The Bertz CT molecular complexity index is 9.61. The van der Waals surface area contributed by atoms with Gasteiger partial charge in [0.1, 0.15) is 0 Å². The zero-order chi connectivity index (χ0) is 4.71. The molecule has 0 amide bonds. The Balaban J connectivity index is 0. The highest BCUT2D eigenvalue weighted by Crippen LogP contribution is 1.59. The van der Waals surface area contributed by atoms with Gasteiger partial charge in [0.2, 0.25) is 16.3 Å². The fourth-order valence-electron chi connectivity index (χ4n) is 0. The second-order valence-corrected chi connectivity index (χ2v) is 0.463. The molecule has 0 fully saturated rings. The van der Waals surface area contributed by atoms with Gasteiger partial charge in [-0.3, -0.25) is 4.29 Å². The maximum absolute atomic E-state index is 4.50. The van der Waals surface area contributed by atoms with Crippen molar-refractivity contribution in [1.82, 2.24) is 0 Å². The summed E-state index contributed by atoms with van der Waals surface area (Å²) in [6, 6.07) is 0. The van der Waals surface area contributed by atoms with Crippen molar-refractivity contribution in [1.29, 1.82) is 0 Å². The third-order valence-corrected chi connectivity index (χ3v) is 0. The van der Waals surface area contributed by atoms with E-state index in [1.807, 2.05) is 0 Å². The van der Waals surface area contributed by atoms with E-state index >= 15 is 0 Å². The van der Waals surface area contributed by atoms with Crippen LogP contribution in [0.25, 0.3) is 0 Å². The van der Waals surface area contributed by atoms with Crippen LogP contribution in [-0.4, -0.2) is 23.4 Å². The van der Waals surface area contributed by atoms with E-state index in [4.69, 9.17) is 0 Å². The van der Waals surface area contributed by atoms with E-state index in [-0.39, 0.29) is 0 Å². The fraction of sp³-hybridized carbons (Fsp3) is 1.00. The largest absolute Gasteiger partial charge is 0.283 e. The van der Waals surface area contributed by atoms with E-state index in [1.165, 1.54) is 23.4 Å². The SMILES string of the molecule is COCl.[CH3][AlH2]. The summed E-state index contributed by atoms with van der Waals surface area (Å²) in [7, 11) is 1.39. The molecule has 1 nitrogen and oxygen atoms in total. The summed E-state index contributed by atoms with van der Waals surface area (Å²) in [5.41, 5.74) is 0. The molecule has 0 aromatic carbocycles. The van der Waals surface area contributed by atoms with Crippen LogP contribution < -0.4 is 0 Å². The Morgan fingerprint density at radius 2 is 1.60 bits per heavy atom. The van der Waals surface area contributed by atoms with Gasteiger partial charge in [0.25, 0.3) is 0 Å². The van der Waals surface area contributed by atoms with Gasteiger partial charge in [0, 0.05) is 0 Å². The average molecular weight is 111 g/mol. The van der Waals surface area contributed by atoms with Crippen molar-refractivity contribution in [2.45, 2.75) is 5.79 Å². The smallest absolute Gasteiger partial charge is 0.207 e. The van der Waals surface area contributed by atoms with Crippen LogP contribution in [0.4, 0.5) is 0 Å². The van der Waals surface area contributed by atoms with Crippen LogP contribution in [0.1, 0.15) is 0 Å². The van der Waals surface area contributed by atoms with Gasteiger partial charge in [0.15, 0.2) is 0 Å². The number of halogens is 1. The summed E-state index contributed by atoms with van der Waals surface area (Å²) in [6.07, 6.45) is 0. The maximum Gasteiger partial charge on any atom is 0.207 e. The second kappa shape index (κ2) is 21.5. The van der Waals surface area contributed by atoms with Gasteiger partial charge < -0.3 is 0 Å². The summed E-state index contributed by atoms with van der Waals surface area (Å²) < 4.78 is 3.72. The second-order valence-electron chi connectivity index (χ2n) is 0.154. The summed E-state index contributed by atoms with van der Waals surface area (Å²) in [5.74, 6) is 2.14. The van der Waals surface area contributed by atoms with Crippen molar-refractivity contribution in [2.24, 2.45) is 0 Å². The summed E-state index contributed by atoms with van der Waals surface area (Å²) in [6.45, 7) is 0. The predicted molar refractivity (Wildman–Crippen MR) is 27.3 cm³/mol. The molecule has 0 aliphatic carbocycles. The average Bonchev–Trinajstić information content (AvgIpc) is 1.46. The van der Waals surface area contributed by atoms with E-state index in [2.05, 4.69) is 21.9 Å². The molecule has 0 aromatic heterocycles. The van der Waals surface area contributed by atoms with Crippen LogP contribution in [0.5, 0.6) is 0 Å². The predicted octanol–water partition coefficient (Wildman–Crippen LogP) is 0.454. The van der Waals surface area contributed by atoms with Gasteiger partial charge in [-0.15, -0.1) is 5.79 Å². The molecule has 3 heteroatoms. The first-order chi connectivity index (χ1) is 2.41. The molecule has 32 valence electrons. The Morgan fingerprint density at radius 1 is 1.60 bits per heavy atom. The lowest BCUT2D eigenvalue weighted by Gasteiger charge is -1.54. The molecule has 0 spiro atoms. The van der Waals surface area contributed by atoms with Crippen molar-refractivity contribution >= 4 is 28.2 Å². The number of rotatable bonds is 0. The van der Waals surface area contributed by atoms with Crippen LogP contribution in [0.15, 0.2) is 0 Å².